The van der Waals surface area contributed by atoms with Crippen LogP contribution in [0.1, 0.15) is 11.1 Å². The predicted molar refractivity (Wildman–Crippen MR) is 145 cm³/mol. The maximum atomic E-state index is 5.58. The summed E-state index contributed by atoms with van der Waals surface area (Å²) >= 11 is 1.51. The Labute approximate surface area is 212 Å². The molecule has 3 aromatic carbocycles. The molecule has 36 heavy (non-hydrogen) atoms. The van der Waals surface area contributed by atoms with E-state index < -0.39 is 0 Å². The van der Waals surface area contributed by atoms with E-state index in [0.29, 0.717) is 17.2 Å². The Kier molecular flexibility index (Phi) is 6.60. The number of H-pyrrole nitrogens is 1. The zero-order chi connectivity index (χ0) is 25.1. The van der Waals surface area contributed by atoms with Gasteiger partial charge in [0.1, 0.15) is 0 Å². The minimum absolute atomic E-state index is 0.539. The molecule has 0 saturated carbocycles. The van der Waals surface area contributed by atoms with E-state index in [2.05, 4.69) is 18.0 Å². The Morgan fingerprint density at radius 2 is 1.64 bits per heavy atom. The van der Waals surface area contributed by atoms with Crippen molar-refractivity contribution in [3.63, 3.8) is 0 Å². The minimum Gasteiger partial charge on any atom is -0.493 e. The van der Waals surface area contributed by atoms with Gasteiger partial charge >= 0.3 is 0 Å². The lowest BCUT2D eigenvalue weighted by molar-refractivity contribution is 0.324. The summed E-state index contributed by atoms with van der Waals surface area (Å²) in [6, 6.07) is 20.1. The lowest BCUT2D eigenvalue weighted by Crippen LogP contribution is -2.11. The van der Waals surface area contributed by atoms with Crippen molar-refractivity contribution in [1.29, 1.82) is 0 Å². The van der Waals surface area contributed by atoms with Crippen molar-refractivity contribution in [2.24, 2.45) is 10.1 Å². The Hall–Kier alpha value is -4.30. The van der Waals surface area contributed by atoms with Crippen LogP contribution < -0.4 is 19.0 Å². The first-order chi connectivity index (χ1) is 17.6. The standard InChI is InChI=1S/C28H26N4O3S/c1-18-9-11-21(12-10-18)31-28-32(30-16-20-15-29-23-8-6-5-7-22(20)23)24(17-36-28)19-13-25(33-2)27(35-4)26(14-19)34-3/h5-17,29H,1-4H3. The summed E-state index contributed by atoms with van der Waals surface area (Å²) in [5.41, 5.74) is 5.80. The fourth-order valence-electron chi connectivity index (χ4n) is 3.97. The van der Waals surface area contributed by atoms with Crippen LogP contribution in [0.4, 0.5) is 5.69 Å². The van der Waals surface area contributed by atoms with Gasteiger partial charge in [0.15, 0.2) is 11.5 Å². The number of aromatic nitrogens is 2. The molecule has 2 heterocycles. The van der Waals surface area contributed by atoms with Gasteiger partial charge in [-0.15, -0.1) is 11.3 Å². The molecular weight excluding hydrogens is 472 g/mol. The number of benzene rings is 3. The molecule has 5 rings (SSSR count). The zero-order valence-corrected chi connectivity index (χ0v) is 21.3. The van der Waals surface area contributed by atoms with Gasteiger partial charge in [-0.3, -0.25) is 0 Å². The highest BCUT2D eigenvalue weighted by Crippen LogP contribution is 2.41. The molecule has 0 aliphatic heterocycles. The molecule has 0 bridgehead atoms. The van der Waals surface area contributed by atoms with Gasteiger partial charge in [0.2, 0.25) is 10.6 Å². The molecule has 0 atom stereocenters. The van der Waals surface area contributed by atoms with E-state index in [0.717, 1.165) is 38.2 Å². The summed E-state index contributed by atoms with van der Waals surface area (Å²) in [7, 11) is 4.81. The normalized spacial score (nSPS) is 11.9. The fourth-order valence-corrected chi connectivity index (χ4v) is 4.82. The molecule has 0 radical (unpaired) electrons. The first-order valence-corrected chi connectivity index (χ1v) is 12.2. The number of rotatable bonds is 7. The Bertz CT molecular complexity index is 1590. The second-order valence-corrected chi connectivity index (χ2v) is 8.95. The number of aryl methyl sites for hydroxylation is 1. The smallest absolute Gasteiger partial charge is 0.211 e. The number of methoxy groups -OCH3 is 3. The maximum Gasteiger partial charge on any atom is 0.211 e. The van der Waals surface area contributed by atoms with Crippen molar-refractivity contribution < 1.29 is 14.2 Å². The van der Waals surface area contributed by atoms with Crippen LogP contribution in [0.15, 0.2) is 82.3 Å². The fraction of sp³-hybridized carbons (Fsp3) is 0.143. The highest BCUT2D eigenvalue weighted by Gasteiger charge is 2.17. The number of hydrogen-bond donors (Lipinski definition) is 1. The Balaban J connectivity index is 1.69. The van der Waals surface area contributed by atoms with Crippen molar-refractivity contribution in [2.45, 2.75) is 6.92 Å². The number of ether oxygens (including phenoxy) is 3. The average Bonchev–Trinajstić information content (AvgIpc) is 3.51. The van der Waals surface area contributed by atoms with Crippen LogP contribution in [0.2, 0.25) is 0 Å². The van der Waals surface area contributed by atoms with Gasteiger partial charge in [0.25, 0.3) is 0 Å². The number of para-hydroxylation sites is 1. The number of thiazole rings is 1. The molecule has 5 aromatic rings. The second kappa shape index (κ2) is 10.1. The van der Waals surface area contributed by atoms with Crippen LogP contribution in [0.5, 0.6) is 17.2 Å². The van der Waals surface area contributed by atoms with Crippen molar-refractivity contribution in [2.75, 3.05) is 21.3 Å². The Morgan fingerprint density at radius 3 is 2.33 bits per heavy atom. The molecular formula is C28H26N4O3S. The van der Waals surface area contributed by atoms with Gasteiger partial charge < -0.3 is 19.2 Å². The number of nitrogens with one attached hydrogen (secondary N) is 1. The molecule has 0 amide bonds. The van der Waals surface area contributed by atoms with Crippen LogP contribution in [0, 0.1) is 6.92 Å². The van der Waals surface area contributed by atoms with E-state index in [-0.39, 0.29) is 0 Å². The third kappa shape index (κ3) is 4.50. The largest absolute Gasteiger partial charge is 0.493 e. The highest BCUT2D eigenvalue weighted by molar-refractivity contribution is 7.07. The third-order valence-corrected chi connectivity index (χ3v) is 6.65. The van der Waals surface area contributed by atoms with Crippen molar-refractivity contribution >= 4 is 34.1 Å². The zero-order valence-electron chi connectivity index (χ0n) is 20.5. The number of fused-ring (bicyclic) bond motifs is 1. The summed E-state index contributed by atoms with van der Waals surface area (Å²) in [5, 5.41) is 8.01. The number of aromatic amines is 1. The molecule has 1 N–H and O–H groups in total. The SMILES string of the molecule is COc1cc(-c2csc(=Nc3ccc(C)cc3)n2N=Cc2c[nH]c3ccccc23)cc(OC)c1OC. The molecule has 0 saturated heterocycles. The summed E-state index contributed by atoms with van der Waals surface area (Å²) in [4.78, 5) is 8.92. The van der Waals surface area contributed by atoms with Crippen LogP contribution in [-0.4, -0.2) is 37.2 Å². The van der Waals surface area contributed by atoms with E-state index in [9.17, 15) is 0 Å². The molecule has 0 aliphatic carbocycles. The lowest BCUT2D eigenvalue weighted by Gasteiger charge is -2.14. The summed E-state index contributed by atoms with van der Waals surface area (Å²) in [6.45, 7) is 2.06. The Morgan fingerprint density at radius 1 is 0.917 bits per heavy atom. The van der Waals surface area contributed by atoms with Crippen LogP contribution >= 0.6 is 11.3 Å². The number of nitrogens with zero attached hydrogens (tertiary/aromatic N) is 3. The molecule has 0 spiro atoms. The third-order valence-electron chi connectivity index (χ3n) is 5.84. The van der Waals surface area contributed by atoms with Crippen molar-refractivity contribution in [3.05, 3.63) is 88.2 Å². The predicted octanol–water partition coefficient (Wildman–Crippen LogP) is 6.15. The van der Waals surface area contributed by atoms with Gasteiger partial charge in [0.05, 0.1) is 38.9 Å². The minimum atomic E-state index is 0.539. The average molecular weight is 499 g/mol. The van der Waals surface area contributed by atoms with Crippen LogP contribution in [0.3, 0.4) is 0 Å². The summed E-state index contributed by atoms with van der Waals surface area (Å²) < 4.78 is 18.5. The van der Waals surface area contributed by atoms with E-state index >= 15 is 0 Å². The van der Waals surface area contributed by atoms with Gasteiger partial charge in [-0.25, -0.2) is 9.67 Å². The van der Waals surface area contributed by atoms with Gasteiger partial charge in [-0.05, 0) is 37.3 Å². The van der Waals surface area contributed by atoms with Crippen molar-refractivity contribution in [3.8, 4) is 28.5 Å². The molecule has 2 aromatic heterocycles. The van der Waals surface area contributed by atoms with Gasteiger partial charge in [0, 0.05) is 33.6 Å². The molecule has 0 aliphatic rings. The van der Waals surface area contributed by atoms with Gasteiger partial charge in [-0.1, -0.05) is 35.9 Å². The highest BCUT2D eigenvalue weighted by atomic mass is 32.1. The van der Waals surface area contributed by atoms with Gasteiger partial charge in [-0.2, -0.15) is 5.10 Å². The lowest BCUT2D eigenvalue weighted by atomic mass is 10.1. The van der Waals surface area contributed by atoms with E-state index in [1.54, 1.807) is 21.3 Å². The molecule has 0 fully saturated rings. The molecule has 7 nitrogen and oxygen atoms in total. The van der Waals surface area contributed by atoms with Crippen molar-refractivity contribution in [1.82, 2.24) is 9.66 Å². The summed E-state index contributed by atoms with van der Waals surface area (Å²) in [5.74, 6) is 1.68. The first-order valence-electron chi connectivity index (χ1n) is 11.3. The first kappa shape index (κ1) is 23.4. The van der Waals surface area contributed by atoms with Crippen LogP contribution in [0.25, 0.3) is 22.2 Å². The van der Waals surface area contributed by atoms with E-state index in [1.807, 2.05) is 77.1 Å². The monoisotopic (exact) mass is 498 g/mol. The molecule has 182 valence electrons. The summed E-state index contributed by atoms with van der Waals surface area (Å²) in [6.07, 6.45) is 3.80. The topological polar surface area (TPSA) is 73.1 Å². The second-order valence-electron chi connectivity index (χ2n) is 8.11. The maximum absolute atomic E-state index is 5.58. The molecule has 8 heteroatoms. The number of hydrogen-bond acceptors (Lipinski definition) is 6. The van der Waals surface area contributed by atoms with E-state index in [4.69, 9.17) is 24.3 Å². The molecule has 0 unspecified atom stereocenters. The van der Waals surface area contributed by atoms with E-state index in [1.165, 1.54) is 16.9 Å². The van der Waals surface area contributed by atoms with Crippen LogP contribution in [-0.2, 0) is 0 Å². The quantitative estimate of drug-likeness (QED) is 0.274.